The third-order valence-electron chi connectivity index (χ3n) is 3.16. The van der Waals surface area contributed by atoms with Crippen molar-refractivity contribution in [2.45, 2.75) is 0 Å². The molecule has 3 N–H and O–H groups in total. The van der Waals surface area contributed by atoms with Crippen LogP contribution in [0.1, 0.15) is 10.5 Å². The van der Waals surface area contributed by atoms with Crippen molar-refractivity contribution in [3.63, 3.8) is 0 Å². The van der Waals surface area contributed by atoms with Crippen LogP contribution in [-0.4, -0.2) is 17.0 Å². The van der Waals surface area contributed by atoms with E-state index < -0.39 is 6.09 Å². The summed E-state index contributed by atoms with van der Waals surface area (Å²) in [6, 6.07) is 17.4. The van der Waals surface area contributed by atoms with Gasteiger partial charge in [-0.15, -0.1) is 0 Å². The molecule has 6 heteroatoms. The van der Waals surface area contributed by atoms with Crippen LogP contribution in [-0.2, 0) is 0 Å². The first kappa shape index (κ1) is 14.5. The van der Waals surface area contributed by atoms with E-state index in [-0.39, 0.29) is 5.91 Å². The highest BCUT2D eigenvalue weighted by Gasteiger charge is 2.09. The molecule has 0 saturated heterocycles. The molecule has 0 aliphatic rings. The Morgan fingerprint density at radius 1 is 0.957 bits per heavy atom. The lowest BCUT2D eigenvalue weighted by atomic mass is 10.2. The molecule has 23 heavy (non-hydrogen) atoms. The number of amides is 2. The number of fused-ring (bicyclic) bond motifs is 1. The van der Waals surface area contributed by atoms with Crippen LogP contribution in [0.15, 0.2) is 60.7 Å². The van der Waals surface area contributed by atoms with Crippen LogP contribution in [0.4, 0.5) is 10.5 Å². The molecule has 0 saturated carbocycles. The highest BCUT2D eigenvalue weighted by Crippen LogP contribution is 2.17. The lowest BCUT2D eigenvalue weighted by molar-refractivity contribution is 0.102. The SMILES string of the molecule is NC(=O)Oc1ccc(NC(=O)c2ccc3ccccc3n2)cc1. The first-order chi connectivity index (χ1) is 11.1. The number of carbonyl (C=O) groups excluding carboxylic acids is 2. The van der Waals surface area contributed by atoms with Gasteiger partial charge < -0.3 is 15.8 Å². The van der Waals surface area contributed by atoms with Gasteiger partial charge in [-0.3, -0.25) is 4.79 Å². The summed E-state index contributed by atoms with van der Waals surface area (Å²) in [5.41, 5.74) is 6.56. The Morgan fingerprint density at radius 2 is 1.70 bits per heavy atom. The summed E-state index contributed by atoms with van der Waals surface area (Å²) in [6.45, 7) is 0. The number of hydrogen-bond donors (Lipinski definition) is 2. The molecule has 6 nitrogen and oxygen atoms in total. The number of primary amides is 1. The molecule has 1 heterocycles. The minimum absolute atomic E-state index is 0.305. The summed E-state index contributed by atoms with van der Waals surface area (Å²) < 4.78 is 4.72. The van der Waals surface area contributed by atoms with Crippen molar-refractivity contribution in [2.75, 3.05) is 5.32 Å². The van der Waals surface area contributed by atoms with Crippen molar-refractivity contribution in [1.82, 2.24) is 4.98 Å². The highest BCUT2D eigenvalue weighted by atomic mass is 16.5. The number of nitrogens with one attached hydrogen (secondary N) is 1. The normalized spacial score (nSPS) is 10.3. The smallest absolute Gasteiger partial charge is 0.409 e. The lowest BCUT2D eigenvalue weighted by Crippen LogP contribution is -2.16. The van der Waals surface area contributed by atoms with Crippen LogP contribution in [0.3, 0.4) is 0 Å². The molecular formula is C17H13N3O3. The van der Waals surface area contributed by atoms with Crippen molar-refractivity contribution in [3.05, 3.63) is 66.4 Å². The molecule has 2 aromatic carbocycles. The fourth-order valence-corrected chi connectivity index (χ4v) is 2.11. The van der Waals surface area contributed by atoms with E-state index in [2.05, 4.69) is 10.3 Å². The molecule has 3 rings (SSSR count). The maximum Gasteiger partial charge on any atom is 0.409 e. The van der Waals surface area contributed by atoms with Gasteiger partial charge in [0.1, 0.15) is 11.4 Å². The minimum Gasteiger partial charge on any atom is -0.411 e. The predicted molar refractivity (Wildman–Crippen MR) is 86.3 cm³/mol. The summed E-state index contributed by atoms with van der Waals surface area (Å²) in [5.74, 6) is -0.0151. The third kappa shape index (κ3) is 3.44. The van der Waals surface area contributed by atoms with E-state index in [1.807, 2.05) is 30.3 Å². The molecule has 0 spiro atoms. The van der Waals surface area contributed by atoms with E-state index in [9.17, 15) is 9.59 Å². The quantitative estimate of drug-likeness (QED) is 0.777. The van der Waals surface area contributed by atoms with Gasteiger partial charge in [-0.1, -0.05) is 24.3 Å². The molecule has 0 radical (unpaired) electrons. The molecule has 0 aliphatic carbocycles. The number of rotatable bonds is 3. The lowest BCUT2D eigenvalue weighted by Gasteiger charge is -2.07. The monoisotopic (exact) mass is 307 g/mol. The van der Waals surface area contributed by atoms with Gasteiger partial charge in [0.05, 0.1) is 5.52 Å². The average Bonchev–Trinajstić information content (AvgIpc) is 2.55. The Bertz CT molecular complexity index is 876. The number of nitrogens with zero attached hydrogens (tertiary/aromatic N) is 1. The zero-order valence-electron chi connectivity index (χ0n) is 12.0. The number of ether oxygens (including phenoxy) is 1. The second kappa shape index (κ2) is 6.15. The summed E-state index contributed by atoms with van der Waals surface area (Å²) in [6.07, 6.45) is -0.887. The minimum atomic E-state index is -0.887. The first-order valence-corrected chi connectivity index (χ1v) is 6.86. The molecule has 0 unspecified atom stereocenters. The highest BCUT2D eigenvalue weighted by molar-refractivity contribution is 6.04. The van der Waals surface area contributed by atoms with Crippen LogP contribution >= 0.6 is 0 Å². The standard InChI is InChI=1S/C17H13N3O3/c18-17(22)23-13-8-6-12(7-9-13)19-16(21)15-10-5-11-3-1-2-4-14(11)20-15/h1-10H,(H2,18,22)(H,19,21). The number of pyridine rings is 1. The number of para-hydroxylation sites is 1. The van der Waals surface area contributed by atoms with Gasteiger partial charge >= 0.3 is 6.09 Å². The third-order valence-corrected chi connectivity index (χ3v) is 3.16. The summed E-state index contributed by atoms with van der Waals surface area (Å²) in [5, 5.41) is 3.70. The summed E-state index contributed by atoms with van der Waals surface area (Å²) in [7, 11) is 0. The van der Waals surface area contributed by atoms with Crippen LogP contribution in [0.2, 0.25) is 0 Å². The van der Waals surface area contributed by atoms with E-state index >= 15 is 0 Å². The maximum atomic E-state index is 12.2. The predicted octanol–water partition coefficient (Wildman–Crippen LogP) is 2.94. The van der Waals surface area contributed by atoms with Gasteiger partial charge in [0.15, 0.2) is 0 Å². The van der Waals surface area contributed by atoms with Crippen LogP contribution in [0.25, 0.3) is 10.9 Å². The Balaban J connectivity index is 1.76. The number of anilines is 1. The molecule has 0 atom stereocenters. The van der Waals surface area contributed by atoms with Crippen molar-refractivity contribution in [3.8, 4) is 5.75 Å². The Kier molecular flexibility index (Phi) is 3.88. The van der Waals surface area contributed by atoms with Crippen LogP contribution in [0.5, 0.6) is 5.75 Å². The van der Waals surface area contributed by atoms with Gasteiger partial charge in [-0.2, -0.15) is 0 Å². The number of nitrogens with two attached hydrogens (primary N) is 1. The van der Waals surface area contributed by atoms with Gasteiger partial charge in [0, 0.05) is 11.1 Å². The van der Waals surface area contributed by atoms with Crippen molar-refractivity contribution in [2.24, 2.45) is 5.73 Å². The molecule has 0 bridgehead atoms. The van der Waals surface area contributed by atoms with Crippen molar-refractivity contribution in [1.29, 1.82) is 0 Å². The topological polar surface area (TPSA) is 94.3 Å². The van der Waals surface area contributed by atoms with Crippen LogP contribution < -0.4 is 15.8 Å². The Labute approximate surface area is 131 Å². The maximum absolute atomic E-state index is 12.2. The van der Waals surface area contributed by atoms with E-state index in [4.69, 9.17) is 10.5 Å². The summed E-state index contributed by atoms with van der Waals surface area (Å²) in [4.78, 5) is 27.2. The molecule has 0 aliphatic heterocycles. The summed E-state index contributed by atoms with van der Waals surface area (Å²) >= 11 is 0. The molecule has 0 fully saturated rings. The first-order valence-electron chi connectivity index (χ1n) is 6.86. The average molecular weight is 307 g/mol. The van der Waals surface area contributed by atoms with Crippen LogP contribution in [0, 0.1) is 0 Å². The van der Waals surface area contributed by atoms with E-state index in [1.165, 1.54) is 12.1 Å². The number of carbonyl (C=O) groups is 2. The number of benzene rings is 2. The Hall–Kier alpha value is -3.41. The molecule has 3 aromatic rings. The van der Waals surface area contributed by atoms with E-state index in [0.717, 1.165) is 10.9 Å². The zero-order valence-corrected chi connectivity index (χ0v) is 12.0. The molecule has 1 aromatic heterocycles. The van der Waals surface area contributed by atoms with E-state index in [0.29, 0.717) is 17.1 Å². The number of hydrogen-bond acceptors (Lipinski definition) is 4. The van der Waals surface area contributed by atoms with Crippen molar-refractivity contribution >= 4 is 28.6 Å². The van der Waals surface area contributed by atoms with Gasteiger partial charge in [-0.25, -0.2) is 9.78 Å². The van der Waals surface area contributed by atoms with E-state index in [1.54, 1.807) is 18.2 Å². The second-order valence-electron chi connectivity index (χ2n) is 4.79. The Morgan fingerprint density at radius 3 is 2.43 bits per heavy atom. The van der Waals surface area contributed by atoms with Gasteiger partial charge in [0.25, 0.3) is 5.91 Å². The number of aromatic nitrogens is 1. The molecule has 2 amide bonds. The zero-order chi connectivity index (χ0) is 16.2. The largest absolute Gasteiger partial charge is 0.411 e. The van der Waals surface area contributed by atoms with Gasteiger partial charge in [0.2, 0.25) is 0 Å². The van der Waals surface area contributed by atoms with Crippen molar-refractivity contribution < 1.29 is 14.3 Å². The molecule has 114 valence electrons. The fraction of sp³-hybridized carbons (Fsp3) is 0. The second-order valence-corrected chi connectivity index (χ2v) is 4.79. The fourth-order valence-electron chi connectivity index (χ4n) is 2.11. The molecular weight excluding hydrogens is 294 g/mol. The van der Waals surface area contributed by atoms with Gasteiger partial charge in [-0.05, 0) is 36.4 Å².